The number of aromatic hydroxyl groups is 1. The van der Waals surface area contributed by atoms with Gasteiger partial charge in [-0.1, -0.05) is 173 Å². The molecule has 2 aromatic heterocycles. The van der Waals surface area contributed by atoms with Crippen LogP contribution in [0.3, 0.4) is 0 Å². The topological polar surface area (TPSA) is 50.9 Å². The molecule has 0 saturated carbocycles. The second-order valence-corrected chi connectivity index (χ2v) is 16.4. The fraction of sp³-hybridized carbons (Fsp3) is 0.288. The number of rotatable bonds is 6. The number of para-hydroxylation sites is 1. The molecule has 8 rings (SSSR count). The molecule has 6 aromatic carbocycles. The minimum atomic E-state index is -4.31. The van der Waals surface area contributed by atoms with E-state index in [1.54, 1.807) is 48.5 Å². The standard InChI is InChI=1S/C59H63N3O/c1-37-22-27-51(47(30-37)39-18-15-14-16-19-39)62-52-21-17-20-46(53(52)61-55(62)48-35-45(58(8,9)10)36-49(54(48)63)59(11,12)13)41-31-42(33-44(32-41)57(5,6)7)50-34-40(28-29-60-50)38-23-25-43(26-24-38)56(2,3)4/h14-36,63H,1-13H3/i1D3,2D3,3D3,4D3,8D3,9D3,10D3,11D3,12D3,13D3,23D,24D,25D,26D. The maximum atomic E-state index is 13.1. The van der Waals surface area contributed by atoms with E-state index in [-0.39, 0.29) is 61.9 Å². The van der Waals surface area contributed by atoms with E-state index in [1.165, 1.54) is 59.3 Å². The van der Waals surface area contributed by atoms with E-state index >= 15 is 0 Å². The molecule has 1 N–H and O–H groups in total. The smallest absolute Gasteiger partial charge is 0.149 e. The van der Waals surface area contributed by atoms with Gasteiger partial charge in [-0.05, 0) is 116 Å². The summed E-state index contributed by atoms with van der Waals surface area (Å²) in [6.07, 6.45) is 1.22. The SMILES string of the molecule is [2H]c1c([2H])c(C(C([2H])([2H])[2H])(C([2H])([2H])[2H])C([2H])([2H])[2H])c([2H])c([2H])c1-c1ccnc(-c2cc(-c3cccc4c3nc(-c3cc(C(C([2H])([2H])[2H])(C([2H])([2H])[2H])C([2H])([2H])[2H])cc(C(C([2H])([2H])[2H])(C([2H])([2H])[2H])C([2H])([2H])[2H])c3O)n4-c3ccc(C([2H])([2H])[2H])cc3-c3ccccc3)cc(C(C)(C)C)c2)c1. The highest BCUT2D eigenvalue weighted by atomic mass is 16.3. The zero-order valence-corrected chi connectivity index (χ0v) is 34.3. The molecule has 0 aliphatic heterocycles. The third-order valence-electron chi connectivity index (χ3n) is 10.6. The Labute approximate surface area is 423 Å². The summed E-state index contributed by atoms with van der Waals surface area (Å²) in [4.78, 5) is 9.60. The van der Waals surface area contributed by atoms with E-state index in [2.05, 4.69) is 4.98 Å². The van der Waals surface area contributed by atoms with Crippen LogP contribution in [-0.4, -0.2) is 19.6 Å². The van der Waals surface area contributed by atoms with Crippen molar-refractivity contribution in [1.82, 2.24) is 14.5 Å². The van der Waals surface area contributed by atoms with Crippen LogP contribution in [0.15, 0.2) is 140 Å². The molecule has 0 aliphatic carbocycles. The van der Waals surface area contributed by atoms with Crippen LogP contribution in [0.2, 0.25) is 0 Å². The molecule has 0 unspecified atom stereocenters. The average Bonchev–Trinajstić information content (AvgIpc) is 0.943. The van der Waals surface area contributed by atoms with Gasteiger partial charge in [-0.3, -0.25) is 9.55 Å². The van der Waals surface area contributed by atoms with Crippen LogP contribution in [0.4, 0.5) is 0 Å². The number of imidazole rings is 1. The third kappa shape index (κ3) is 8.61. The van der Waals surface area contributed by atoms with Crippen molar-refractivity contribution in [3.05, 3.63) is 167 Å². The molecule has 0 aliphatic rings. The number of aryl methyl sites for hydroxylation is 1. The molecule has 0 radical (unpaired) electrons. The lowest BCUT2D eigenvalue weighted by molar-refractivity contribution is 0.446. The summed E-state index contributed by atoms with van der Waals surface area (Å²) < 4.78 is 295. The second kappa shape index (κ2) is 15.8. The summed E-state index contributed by atoms with van der Waals surface area (Å²) in [5.74, 6) is -2.26. The van der Waals surface area contributed by atoms with Gasteiger partial charge in [-0.25, -0.2) is 4.98 Å². The molecular weight excluding hydrogens is 767 g/mol. The minimum absolute atomic E-state index is 0.0331. The van der Waals surface area contributed by atoms with E-state index in [4.69, 9.17) is 51.6 Å². The average molecular weight is 864 g/mol. The van der Waals surface area contributed by atoms with Crippen LogP contribution < -0.4 is 0 Å². The van der Waals surface area contributed by atoms with Crippen molar-refractivity contribution < 1.29 is 51.7 Å². The largest absolute Gasteiger partial charge is 0.507 e. The molecule has 4 heteroatoms. The van der Waals surface area contributed by atoms with E-state index in [9.17, 15) is 5.11 Å². The first-order chi connectivity index (χ1) is 43.7. The molecular formula is C59H63N3O. The Balaban J connectivity index is 1.57. The number of hydrogen-bond acceptors (Lipinski definition) is 3. The van der Waals surface area contributed by atoms with E-state index in [0.717, 1.165) is 0 Å². The van der Waals surface area contributed by atoms with Crippen LogP contribution in [0.5, 0.6) is 5.75 Å². The molecule has 8 aromatic rings. The molecule has 0 atom stereocenters. The van der Waals surface area contributed by atoms with Crippen molar-refractivity contribution in [3.63, 3.8) is 0 Å². The highest BCUT2D eigenvalue weighted by Crippen LogP contribution is 2.46. The quantitative estimate of drug-likeness (QED) is 0.181. The summed E-state index contributed by atoms with van der Waals surface area (Å²) in [5.41, 5.74) is -18.2. The van der Waals surface area contributed by atoms with E-state index in [1.807, 2.05) is 20.8 Å². The van der Waals surface area contributed by atoms with Gasteiger partial charge in [0.25, 0.3) is 0 Å². The third-order valence-corrected chi connectivity index (χ3v) is 10.6. The van der Waals surface area contributed by atoms with Crippen molar-refractivity contribution in [2.24, 2.45) is 0 Å². The Morgan fingerprint density at radius 2 is 1.24 bits per heavy atom. The Kier molecular flexibility index (Phi) is 4.63. The Hall–Kier alpha value is -6.26. The molecule has 0 spiro atoms. The van der Waals surface area contributed by atoms with Crippen LogP contribution in [0.1, 0.15) is 157 Å². The summed E-state index contributed by atoms with van der Waals surface area (Å²) in [6, 6.07) is 19.9. The Bertz CT molecular complexity index is 4210. The number of aromatic nitrogens is 3. The van der Waals surface area contributed by atoms with Crippen molar-refractivity contribution in [2.45, 2.75) is 111 Å². The maximum absolute atomic E-state index is 13.1. The van der Waals surface area contributed by atoms with Crippen molar-refractivity contribution in [3.8, 4) is 67.5 Å². The number of benzene rings is 6. The van der Waals surface area contributed by atoms with Gasteiger partial charge in [0.15, 0.2) is 0 Å². The van der Waals surface area contributed by atoms with Crippen molar-refractivity contribution in [2.75, 3.05) is 0 Å². The van der Waals surface area contributed by atoms with Gasteiger partial charge in [0, 0.05) is 69.6 Å². The zero-order valence-electron chi connectivity index (χ0n) is 68.3. The van der Waals surface area contributed by atoms with Gasteiger partial charge < -0.3 is 5.11 Å². The molecule has 63 heavy (non-hydrogen) atoms. The number of fused-ring (bicyclic) bond motifs is 1. The number of phenols is 1. The first-order valence-corrected chi connectivity index (χ1v) is 19.6. The molecule has 0 saturated heterocycles. The van der Waals surface area contributed by atoms with Crippen LogP contribution in [-0.2, 0) is 21.7 Å². The molecule has 0 fully saturated rings. The summed E-state index contributed by atoms with van der Waals surface area (Å²) in [7, 11) is 0. The first kappa shape index (κ1) is 18.5. The highest BCUT2D eigenvalue weighted by Gasteiger charge is 2.29. The van der Waals surface area contributed by atoms with E-state index < -0.39 is 154 Å². The number of pyridine rings is 1. The van der Waals surface area contributed by atoms with Gasteiger partial charge in [-0.2, -0.15) is 0 Å². The molecule has 4 nitrogen and oxygen atoms in total. The Morgan fingerprint density at radius 1 is 0.540 bits per heavy atom. The predicted molar refractivity (Wildman–Crippen MR) is 267 cm³/mol. The van der Waals surface area contributed by atoms with Gasteiger partial charge in [-0.15, -0.1) is 0 Å². The second-order valence-electron chi connectivity index (χ2n) is 16.4. The predicted octanol–water partition coefficient (Wildman–Crippen LogP) is 16.0. The molecule has 0 amide bonds. The van der Waals surface area contributed by atoms with Gasteiger partial charge in [0.05, 0.1) is 33.5 Å². The highest BCUT2D eigenvalue weighted by molar-refractivity contribution is 5.98. The number of hydrogen-bond donors (Lipinski definition) is 1. The first-order valence-electron chi connectivity index (χ1n) is 36.6. The monoisotopic (exact) mass is 864 g/mol. The molecule has 2 heterocycles. The van der Waals surface area contributed by atoms with Crippen LogP contribution in [0.25, 0.3) is 72.7 Å². The van der Waals surface area contributed by atoms with Crippen LogP contribution in [0, 0.1) is 6.85 Å². The summed E-state index contributed by atoms with van der Waals surface area (Å²) >= 11 is 0. The van der Waals surface area contributed by atoms with Crippen molar-refractivity contribution in [1.29, 1.82) is 0 Å². The fourth-order valence-corrected chi connectivity index (χ4v) is 7.40. The normalized spacial score (nSPS) is 22.5. The lowest BCUT2D eigenvalue weighted by atomic mass is 9.79. The zero-order chi connectivity index (χ0) is 73.7. The minimum Gasteiger partial charge on any atom is -0.507 e. The van der Waals surface area contributed by atoms with Gasteiger partial charge >= 0.3 is 0 Å². The fourth-order valence-electron chi connectivity index (χ4n) is 7.40. The van der Waals surface area contributed by atoms with Crippen LogP contribution >= 0.6 is 0 Å². The summed E-state index contributed by atoms with van der Waals surface area (Å²) in [5, 5.41) is 13.1. The van der Waals surface area contributed by atoms with E-state index in [0.29, 0.717) is 17.2 Å². The number of nitrogens with zero attached hydrogens (tertiary/aromatic N) is 3. The molecule has 0 bridgehead atoms. The lowest BCUT2D eigenvalue weighted by Crippen LogP contribution is -2.17. The van der Waals surface area contributed by atoms with Crippen molar-refractivity contribution >= 4 is 11.0 Å². The summed E-state index contributed by atoms with van der Waals surface area (Å²) in [6.45, 7) is -34.7. The maximum Gasteiger partial charge on any atom is 0.149 e. The van der Waals surface area contributed by atoms with Gasteiger partial charge in [0.1, 0.15) is 11.6 Å². The van der Waals surface area contributed by atoms with Gasteiger partial charge in [0.2, 0.25) is 0 Å². The molecule has 320 valence electrons. The number of phenolic OH excluding ortho intramolecular Hbond substituents is 1. The lowest BCUT2D eigenvalue weighted by Gasteiger charge is -2.27. The Morgan fingerprint density at radius 3 is 1.94 bits per heavy atom.